The van der Waals surface area contributed by atoms with E-state index in [0.717, 1.165) is 5.56 Å². The zero-order chi connectivity index (χ0) is 20.0. The number of amides is 1. The number of carbonyl (C=O) groups is 2. The third-order valence-electron chi connectivity index (χ3n) is 4.34. The molecule has 2 aromatic carbocycles. The Morgan fingerprint density at radius 2 is 1.67 bits per heavy atom. The highest BCUT2D eigenvalue weighted by Gasteiger charge is 2.31. The molecule has 27 heavy (non-hydrogen) atoms. The lowest BCUT2D eigenvalue weighted by Gasteiger charge is -2.25. The number of esters is 1. The summed E-state index contributed by atoms with van der Waals surface area (Å²) in [6.07, 6.45) is 0. The number of carbonyl (C=O) groups excluding carboxylic acids is 2. The molecule has 0 atom stereocenters. The lowest BCUT2D eigenvalue weighted by atomic mass is 9.83. The van der Waals surface area contributed by atoms with E-state index >= 15 is 0 Å². The molecule has 0 aliphatic rings. The van der Waals surface area contributed by atoms with Gasteiger partial charge in [0, 0.05) is 0 Å². The van der Waals surface area contributed by atoms with Gasteiger partial charge in [0.1, 0.15) is 0 Å². The minimum absolute atomic E-state index is 0.258. The highest BCUT2D eigenvalue weighted by atomic mass is 16.5. The summed E-state index contributed by atoms with van der Waals surface area (Å²) in [7, 11) is 3.10. The number of anilines is 1. The monoisotopic (exact) mass is 371 g/mol. The quantitative estimate of drug-likeness (QED) is 0.750. The lowest BCUT2D eigenvalue weighted by Crippen LogP contribution is -2.35. The van der Waals surface area contributed by atoms with Gasteiger partial charge in [-0.3, -0.25) is 4.79 Å². The molecule has 1 amide bonds. The maximum atomic E-state index is 13.0. The molecule has 0 radical (unpaired) electrons. The van der Waals surface area contributed by atoms with Gasteiger partial charge in [0.2, 0.25) is 5.91 Å². The van der Waals surface area contributed by atoms with Crippen LogP contribution >= 0.6 is 0 Å². The van der Waals surface area contributed by atoms with Crippen LogP contribution in [0.2, 0.25) is 0 Å². The minimum atomic E-state index is -0.874. The molecule has 0 aliphatic carbocycles. The molecular formula is C21H25NO5. The maximum absolute atomic E-state index is 13.0. The van der Waals surface area contributed by atoms with Crippen LogP contribution in [0, 0.1) is 0 Å². The fourth-order valence-electron chi connectivity index (χ4n) is 2.61. The highest BCUT2D eigenvalue weighted by Crippen LogP contribution is 2.34. The second kappa shape index (κ2) is 8.58. The molecular weight excluding hydrogens is 346 g/mol. The van der Waals surface area contributed by atoms with Gasteiger partial charge in [0.25, 0.3) is 0 Å². The van der Waals surface area contributed by atoms with E-state index in [1.807, 2.05) is 6.07 Å². The summed E-state index contributed by atoms with van der Waals surface area (Å²) in [5.74, 6) is 0.400. The smallest absolute Gasteiger partial charge is 0.340 e. The fraction of sp³-hybridized carbons (Fsp3) is 0.333. The van der Waals surface area contributed by atoms with Gasteiger partial charge in [-0.25, -0.2) is 4.79 Å². The Morgan fingerprint density at radius 3 is 2.30 bits per heavy atom. The zero-order valence-electron chi connectivity index (χ0n) is 16.3. The van der Waals surface area contributed by atoms with Crippen LogP contribution < -0.4 is 14.8 Å². The van der Waals surface area contributed by atoms with Crippen molar-refractivity contribution >= 4 is 17.6 Å². The normalized spacial score (nSPS) is 10.9. The summed E-state index contributed by atoms with van der Waals surface area (Å²) < 4.78 is 15.6. The van der Waals surface area contributed by atoms with Crippen LogP contribution in [0.1, 0.15) is 36.7 Å². The molecule has 0 aliphatic heterocycles. The van der Waals surface area contributed by atoms with Crippen LogP contribution in [0.15, 0.2) is 42.5 Å². The molecule has 0 unspecified atom stereocenters. The van der Waals surface area contributed by atoms with Crippen molar-refractivity contribution in [2.75, 3.05) is 26.1 Å². The Bertz CT molecular complexity index is 829. The van der Waals surface area contributed by atoms with Crippen molar-refractivity contribution in [3.05, 3.63) is 53.6 Å². The van der Waals surface area contributed by atoms with Crippen LogP contribution in [0.25, 0.3) is 0 Å². The molecule has 0 saturated carbocycles. The average molecular weight is 371 g/mol. The Hall–Kier alpha value is -3.02. The lowest BCUT2D eigenvalue weighted by molar-refractivity contribution is -0.120. The van der Waals surface area contributed by atoms with Gasteiger partial charge in [-0.15, -0.1) is 0 Å². The van der Waals surface area contributed by atoms with Crippen LogP contribution in [-0.4, -0.2) is 32.7 Å². The Kier molecular flexibility index (Phi) is 6.45. The molecule has 2 aromatic rings. The van der Waals surface area contributed by atoms with Gasteiger partial charge >= 0.3 is 5.97 Å². The molecule has 144 valence electrons. The van der Waals surface area contributed by atoms with Crippen molar-refractivity contribution in [3.63, 3.8) is 0 Å². The van der Waals surface area contributed by atoms with Crippen molar-refractivity contribution in [2.24, 2.45) is 0 Å². The standard InChI is InChI=1S/C21H25NO5/c1-6-27-19(23)15-9-7-8-10-16(15)22-20(24)21(2,3)14-11-12-17(25-4)18(13-14)26-5/h7-13H,6H2,1-5H3,(H,22,24). The molecule has 0 bridgehead atoms. The fourth-order valence-corrected chi connectivity index (χ4v) is 2.61. The first-order chi connectivity index (χ1) is 12.8. The third-order valence-corrected chi connectivity index (χ3v) is 4.34. The van der Waals surface area contributed by atoms with Gasteiger partial charge in [-0.2, -0.15) is 0 Å². The van der Waals surface area contributed by atoms with Crippen molar-refractivity contribution in [1.82, 2.24) is 0 Å². The molecule has 0 aromatic heterocycles. The first-order valence-corrected chi connectivity index (χ1v) is 8.65. The van der Waals surface area contributed by atoms with Crippen molar-refractivity contribution in [1.29, 1.82) is 0 Å². The first-order valence-electron chi connectivity index (χ1n) is 8.65. The van der Waals surface area contributed by atoms with Gasteiger partial charge in [-0.1, -0.05) is 18.2 Å². The number of hydrogen-bond acceptors (Lipinski definition) is 5. The summed E-state index contributed by atoms with van der Waals surface area (Å²) >= 11 is 0. The molecule has 0 fully saturated rings. The Labute approximate surface area is 159 Å². The van der Waals surface area contributed by atoms with Crippen LogP contribution in [0.3, 0.4) is 0 Å². The summed E-state index contributed by atoms with van der Waals surface area (Å²) in [6.45, 7) is 5.60. The maximum Gasteiger partial charge on any atom is 0.340 e. The van der Waals surface area contributed by atoms with Crippen molar-refractivity contribution in [2.45, 2.75) is 26.2 Å². The second-order valence-electron chi connectivity index (χ2n) is 6.41. The Morgan fingerprint density at radius 1 is 1.00 bits per heavy atom. The van der Waals surface area contributed by atoms with Crippen molar-refractivity contribution < 1.29 is 23.8 Å². The number of benzene rings is 2. The molecule has 1 N–H and O–H groups in total. The number of rotatable bonds is 7. The van der Waals surface area contributed by atoms with E-state index in [2.05, 4.69) is 5.32 Å². The van der Waals surface area contributed by atoms with Gasteiger partial charge < -0.3 is 19.5 Å². The topological polar surface area (TPSA) is 73.9 Å². The predicted octanol–water partition coefficient (Wildman–Crippen LogP) is 3.80. The Balaban J connectivity index is 2.31. The summed E-state index contributed by atoms with van der Waals surface area (Å²) in [5.41, 5.74) is 0.609. The summed E-state index contributed by atoms with van der Waals surface area (Å²) in [6, 6.07) is 12.1. The van der Waals surface area contributed by atoms with Gasteiger partial charge in [0.15, 0.2) is 11.5 Å². The SMILES string of the molecule is CCOC(=O)c1ccccc1NC(=O)C(C)(C)c1ccc(OC)c(OC)c1. The number of nitrogens with one attached hydrogen (secondary N) is 1. The number of hydrogen-bond donors (Lipinski definition) is 1. The molecule has 0 spiro atoms. The first kappa shape index (κ1) is 20.3. The highest BCUT2D eigenvalue weighted by molar-refractivity contribution is 6.04. The van der Waals surface area contributed by atoms with E-state index in [9.17, 15) is 9.59 Å². The van der Waals surface area contributed by atoms with Gasteiger partial charge in [-0.05, 0) is 50.6 Å². The molecule has 2 rings (SSSR count). The third kappa shape index (κ3) is 4.39. The van der Waals surface area contributed by atoms with E-state index in [1.165, 1.54) is 0 Å². The summed E-state index contributed by atoms with van der Waals surface area (Å²) in [4.78, 5) is 25.1. The summed E-state index contributed by atoms with van der Waals surface area (Å²) in [5, 5.41) is 2.84. The molecule has 0 saturated heterocycles. The number of para-hydroxylation sites is 1. The van der Waals surface area contributed by atoms with E-state index < -0.39 is 11.4 Å². The van der Waals surface area contributed by atoms with Gasteiger partial charge in [0.05, 0.1) is 37.5 Å². The van der Waals surface area contributed by atoms with Crippen LogP contribution in [-0.2, 0) is 14.9 Å². The molecule has 6 heteroatoms. The average Bonchev–Trinajstić information content (AvgIpc) is 2.67. The van der Waals surface area contributed by atoms with E-state index in [-0.39, 0.29) is 12.5 Å². The number of ether oxygens (including phenoxy) is 3. The van der Waals surface area contributed by atoms with E-state index in [1.54, 1.807) is 71.4 Å². The van der Waals surface area contributed by atoms with Crippen molar-refractivity contribution in [3.8, 4) is 11.5 Å². The number of methoxy groups -OCH3 is 2. The predicted molar refractivity (Wildman–Crippen MR) is 104 cm³/mol. The van der Waals surface area contributed by atoms with Crippen LogP contribution in [0.4, 0.5) is 5.69 Å². The second-order valence-corrected chi connectivity index (χ2v) is 6.41. The molecule has 0 heterocycles. The van der Waals surface area contributed by atoms with E-state index in [4.69, 9.17) is 14.2 Å². The largest absolute Gasteiger partial charge is 0.493 e. The minimum Gasteiger partial charge on any atom is -0.493 e. The molecule has 6 nitrogen and oxygen atoms in total. The van der Waals surface area contributed by atoms with Crippen LogP contribution in [0.5, 0.6) is 11.5 Å². The zero-order valence-corrected chi connectivity index (χ0v) is 16.3. The van der Waals surface area contributed by atoms with E-state index in [0.29, 0.717) is 22.7 Å².